The van der Waals surface area contributed by atoms with Crippen LogP contribution in [0.3, 0.4) is 0 Å². The van der Waals surface area contributed by atoms with Gasteiger partial charge in [0.2, 0.25) is 11.9 Å². The molecule has 0 unspecified atom stereocenters. The summed E-state index contributed by atoms with van der Waals surface area (Å²) in [6.45, 7) is 6.14. The van der Waals surface area contributed by atoms with Crippen LogP contribution in [-0.4, -0.2) is 80.0 Å². The van der Waals surface area contributed by atoms with Gasteiger partial charge in [-0.15, -0.1) is 11.6 Å². The number of hydrogen-bond acceptors (Lipinski definition) is 8. The van der Waals surface area contributed by atoms with Crippen molar-refractivity contribution in [2.24, 2.45) is 0 Å². The second-order valence-electron chi connectivity index (χ2n) is 4.95. The third-order valence-electron chi connectivity index (χ3n) is 3.49. The zero-order valence-corrected chi connectivity index (χ0v) is 13.2. The molecule has 2 saturated heterocycles. The summed E-state index contributed by atoms with van der Waals surface area (Å²) >= 11 is 5.68. The molecule has 1 aromatic rings. The molecule has 122 valence electrons. The van der Waals surface area contributed by atoms with Crippen molar-refractivity contribution in [3.8, 4) is 6.01 Å². The molecule has 0 spiro atoms. The molecule has 0 N–H and O–H groups in total. The van der Waals surface area contributed by atoms with Crippen molar-refractivity contribution in [3.05, 3.63) is 0 Å². The summed E-state index contributed by atoms with van der Waals surface area (Å²) in [4.78, 5) is 17.6. The highest BCUT2D eigenvalue weighted by molar-refractivity contribution is 6.17. The predicted molar refractivity (Wildman–Crippen MR) is 82.1 cm³/mol. The van der Waals surface area contributed by atoms with Gasteiger partial charge in [0.05, 0.1) is 32.3 Å². The van der Waals surface area contributed by atoms with Gasteiger partial charge in [-0.25, -0.2) is 0 Å². The van der Waals surface area contributed by atoms with Crippen molar-refractivity contribution in [3.63, 3.8) is 0 Å². The van der Waals surface area contributed by atoms with Crippen LogP contribution < -0.4 is 14.5 Å². The molecule has 0 aliphatic carbocycles. The summed E-state index contributed by atoms with van der Waals surface area (Å²) in [7, 11) is 0. The number of alkyl halides is 1. The average Bonchev–Trinajstić information content (AvgIpc) is 2.61. The molecule has 2 aliphatic heterocycles. The zero-order chi connectivity index (χ0) is 15.2. The van der Waals surface area contributed by atoms with Gasteiger partial charge in [0, 0.05) is 26.2 Å². The minimum absolute atomic E-state index is 0.318. The Hall–Kier alpha value is -1.38. The Kier molecular flexibility index (Phi) is 5.47. The largest absolute Gasteiger partial charge is 0.462 e. The molecular weight excluding hydrogens is 310 g/mol. The number of halogens is 1. The lowest BCUT2D eigenvalue weighted by Crippen LogP contribution is -2.40. The van der Waals surface area contributed by atoms with Crippen molar-refractivity contribution >= 4 is 23.5 Å². The number of nitrogens with zero attached hydrogens (tertiary/aromatic N) is 5. The number of rotatable bonds is 5. The molecule has 0 radical (unpaired) electrons. The van der Waals surface area contributed by atoms with Crippen LogP contribution in [0, 0.1) is 0 Å². The maximum Gasteiger partial charge on any atom is 0.323 e. The van der Waals surface area contributed by atoms with E-state index in [0.717, 1.165) is 26.2 Å². The highest BCUT2D eigenvalue weighted by Gasteiger charge is 2.21. The van der Waals surface area contributed by atoms with Crippen molar-refractivity contribution in [1.29, 1.82) is 0 Å². The molecule has 3 rings (SSSR count). The maximum absolute atomic E-state index is 5.68. The molecule has 0 saturated carbocycles. The highest BCUT2D eigenvalue weighted by Crippen LogP contribution is 2.19. The van der Waals surface area contributed by atoms with Crippen molar-refractivity contribution in [2.45, 2.75) is 0 Å². The lowest BCUT2D eigenvalue weighted by molar-refractivity contribution is 0.121. The van der Waals surface area contributed by atoms with Gasteiger partial charge in [-0.2, -0.15) is 15.0 Å². The second kappa shape index (κ2) is 7.75. The highest BCUT2D eigenvalue weighted by atomic mass is 35.5. The van der Waals surface area contributed by atoms with Crippen LogP contribution >= 0.6 is 11.6 Å². The quantitative estimate of drug-likeness (QED) is 0.708. The van der Waals surface area contributed by atoms with Crippen molar-refractivity contribution < 1.29 is 14.2 Å². The lowest BCUT2D eigenvalue weighted by Gasteiger charge is -2.30. The van der Waals surface area contributed by atoms with E-state index < -0.39 is 0 Å². The van der Waals surface area contributed by atoms with Crippen LogP contribution in [-0.2, 0) is 9.47 Å². The summed E-state index contributed by atoms with van der Waals surface area (Å²) in [5.41, 5.74) is 0. The molecule has 1 aromatic heterocycles. The van der Waals surface area contributed by atoms with Crippen molar-refractivity contribution in [2.75, 3.05) is 74.9 Å². The van der Waals surface area contributed by atoms with E-state index in [1.807, 2.05) is 0 Å². The Bertz CT molecular complexity index is 444. The summed E-state index contributed by atoms with van der Waals surface area (Å²) in [6, 6.07) is 0.318. The van der Waals surface area contributed by atoms with Crippen LogP contribution in [0.2, 0.25) is 0 Å². The first-order valence-electron chi connectivity index (χ1n) is 7.47. The van der Waals surface area contributed by atoms with E-state index in [1.54, 1.807) is 0 Å². The Morgan fingerprint density at radius 2 is 1.36 bits per heavy atom. The smallest absolute Gasteiger partial charge is 0.323 e. The first-order chi connectivity index (χ1) is 10.9. The molecule has 0 bridgehead atoms. The van der Waals surface area contributed by atoms with Crippen molar-refractivity contribution in [1.82, 2.24) is 15.0 Å². The summed E-state index contributed by atoms with van der Waals surface area (Å²) in [5.74, 6) is 1.65. The fourth-order valence-corrected chi connectivity index (χ4v) is 2.42. The Labute approximate surface area is 134 Å². The molecule has 0 atom stereocenters. The molecule has 0 amide bonds. The van der Waals surface area contributed by atoms with Gasteiger partial charge >= 0.3 is 6.01 Å². The molecule has 9 heteroatoms. The number of ether oxygens (including phenoxy) is 3. The van der Waals surface area contributed by atoms with Gasteiger partial charge in [-0.05, 0) is 0 Å². The molecule has 8 nitrogen and oxygen atoms in total. The normalized spacial score (nSPS) is 19.3. The lowest BCUT2D eigenvalue weighted by atomic mass is 10.4. The number of aromatic nitrogens is 3. The average molecular weight is 330 g/mol. The molecule has 2 fully saturated rings. The number of morpholine rings is 2. The summed E-state index contributed by atoms with van der Waals surface area (Å²) < 4.78 is 16.3. The first-order valence-corrected chi connectivity index (χ1v) is 8.00. The minimum atomic E-state index is 0.318. The fourth-order valence-electron chi connectivity index (χ4n) is 2.34. The van der Waals surface area contributed by atoms with E-state index in [4.69, 9.17) is 25.8 Å². The third-order valence-corrected chi connectivity index (χ3v) is 3.64. The van der Waals surface area contributed by atoms with Gasteiger partial charge in [-0.3, -0.25) is 0 Å². The van der Waals surface area contributed by atoms with Crippen LogP contribution in [0.25, 0.3) is 0 Å². The fraction of sp³-hybridized carbons (Fsp3) is 0.769. The molecule has 2 aliphatic rings. The summed E-state index contributed by atoms with van der Waals surface area (Å²) in [6.07, 6.45) is 0. The van der Waals surface area contributed by atoms with E-state index in [9.17, 15) is 0 Å². The predicted octanol–water partition coefficient (Wildman–Crippen LogP) is 0.162. The number of hydrogen-bond donors (Lipinski definition) is 0. The van der Waals surface area contributed by atoms with Crippen LogP contribution in [0.5, 0.6) is 6.01 Å². The Morgan fingerprint density at radius 3 is 1.82 bits per heavy atom. The van der Waals surface area contributed by atoms with E-state index in [1.165, 1.54) is 0 Å². The second-order valence-corrected chi connectivity index (χ2v) is 5.33. The molecule has 0 aromatic carbocycles. The van der Waals surface area contributed by atoms with Gasteiger partial charge < -0.3 is 24.0 Å². The standard InChI is InChI=1S/C13H20ClN5O3/c14-1-6-22-13-16-11(18-2-7-20-8-3-18)15-12(17-13)19-4-9-21-10-5-19/h1-10H2. The molecular formula is C13H20ClN5O3. The van der Waals surface area contributed by atoms with Gasteiger partial charge in [-0.1, -0.05) is 0 Å². The van der Waals surface area contributed by atoms with E-state index in [0.29, 0.717) is 56.8 Å². The van der Waals surface area contributed by atoms with Gasteiger partial charge in [0.15, 0.2) is 0 Å². The van der Waals surface area contributed by atoms with Gasteiger partial charge in [0.1, 0.15) is 6.61 Å². The van der Waals surface area contributed by atoms with Crippen LogP contribution in [0.1, 0.15) is 0 Å². The van der Waals surface area contributed by atoms with Crippen LogP contribution in [0.15, 0.2) is 0 Å². The SMILES string of the molecule is ClCCOc1nc(N2CCOCC2)nc(N2CCOCC2)n1. The van der Waals surface area contributed by atoms with E-state index >= 15 is 0 Å². The third kappa shape index (κ3) is 3.88. The monoisotopic (exact) mass is 329 g/mol. The maximum atomic E-state index is 5.68. The molecule has 3 heterocycles. The zero-order valence-electron chi connectivity index (χ0n) is 12.4. The first kappa shape index (κ1) is 15.5. The minimum Gasteiger partial charge on any atom is -0.462 e. The number of anilines is 2. The van der Waals surface area contributed by atoms with E-state index in [-0.39, 0.29) is 0 Å². The molecule has 22 heavy (non-hydrogen) atoms. The topological polar surface area (TPSA) is 72.8 Å². The summed E-state index contributed by atoms with van der Waals surface area (Å²) in [5, 5.41) is 0. The van der Waals surface area contributed by atoms with Crippen LogP contribution in [0.4, 0.5) is 11.9 Å². The Morgan fingerprint density at radius 1 is 0.864 bits per heavy atom. The Balaban J connectivity index is 1.83. The van der Waals surface area contributed by atoms with Gasteiger partial charge in [0.25, 0.3) is 0 Å². The van der Waals surface area contributed by atoms with E-state index in [2.05, 4.69) is 24.8 Å².